The van der Waals surface area contributed by atoms with Crippen LogP contribution < -0.4 is 10.6 Å². The van der Waals surface area contributed by atoms with Crippen LogP contribution in [0.3, 0.4) is 0 Å². The summed E-state index contributed by atoms with van der Waals surface area (Å²) in [7, 11) is 19.4. The van der Waals surface area contributed by atoms with Crippen LogP contribution in [-0.4, -0.2) is 71.1 Å². The third-order valence-corrected chi connectivity index (χ3v) is 8.70. The van der Waals surface area contributed by atoms with E-state index in [1.165, 1.54) is 25.9 Å². The van der Waals surface area contributed by atoms with E-state index in [0.717, 1.165) is 82.2 Å². The third-order valence-electron chi connectivity index (χ3n) is 8.23. The molecule has 50 heavy (non-hydrogen) atoms. The third kappa shape index (κ3) is 19.2. The van der Waals surface area contributed by atoms with E-state index in [-0.39, 0.29) is 30.3 Å². The van der Waals surface area contributed by atoms with Crippen molar-refractivity contribution in [3.8, 4) is 0 Å². The first-order valence-corrected chi connectivity index (χ1v) is 26.6. The second-order valence-corrected chi connectivity index (χ2v) is 17.7. The van der Waals surface area contributed by atoms with Gasteiger partial charge in [0.05, 0.1) is 11.0 Å². The molecule has 2 unspecified atom stereocenters. The molecule has 2 aromatic heterocycles. The van der Waals surface area contributed by atoms with Gasteiger partial charge in [0.2, 0.25) is 0 Å². The summed E-state index contributed by atoms with van der Waals surface area (Å²) >= 11 is 11.4. The van der Waals surface area contributed by atoms with E-state index in [0.29, 0.717) is 12.1 Å². The van der Waals surface area contributed by atoms with Crippen LogP contribution in [0.2, 0.25) is 10.0 Å². The van der Waals surface area contributed by atoms with Crippen molar-refractivity contribution >= 4 is 95.1 Å². The number of hydrogen-bond acceptors (Lipinski definition) is 6. The molecule has 284 valence electrons. The summed E-state index contributed by atoms with van der Waals surface area (Å²) < 4.78 is 0. The summed E-state index contributed by atoms with van der Waals surface area (Å²) in [6.45, 7) is 20.2. The van der Waals surface area contributed by atoms with Gasteiger partial charge in [-0.05, 0) is 127 Å². The molecule has 14 heteroatoms. The van der Waals surface area contributed by atoms with Gasteiger partial charge in [-0.1, -0.05) is 50.9 Å². The fourth-order valence-corrected chi connectivity index (χ4v) is 5.82. The number of benzene rings is 2. The topological polar surface area (TPSA) is 56.3 Å². The molecule has 0 saturated carbocycles. The Bertz CT molecular complexity index is 1360. The normalized spacial score (nSPS) is 12.1. The van der Waals surface area contributed by atoms with Crippen LogP contribution in [0, 0.1) is 0 Å². The maximum absolute atomic E-state index is 6.04. The van der Waals surface area contributed by atoms with Gasteiger partial charge in [0, 0.05) is 56.7 Å². The van der Waals surface area contributed by atoms with Crippen molar-refractivity contribution in [3.05, 3.63) is 71.0 Å². The minimum absolute atomic E-state index is 0.346. The van der Waals surface area contributed by atoms with Crippen LogP contribution >= 0.6 is 62.0 Å². The summed E-state index contributed by atoms with van der Waals surface area (Å²) in [4.78, 5) is 13.7. The zero-order chi connectivity index (χ0) is 37.3. The van der Waals surface area contributed by atoms with Crippen LogP contribution in [0.4, 0.5) is 11.4 Å². The Balaban J connectivity index is 0.000000432. The molecule has 2 atom stereocenters. The Kier molecular flexibility index (Phi) is 27.9. The second-order valence-electron chi connectivity index (χ2n) is 11.6. The number of nitrogens with zero attached hydrogens (tertiary/aromatic N) is 4. The Morgan fingerprint density at radius 3 is 1.26 bits per heavy atom. The van der Waals surface area contributed by atoms with Gasteiger partial charge in [-0.3, -0.25) is 9.97 Å². The van der Waals surface area contributed by atoms with Crippen LogP contribution in [-0.2, 0) is 30.3 Å². The molecular formula is C36H52Cl6N6Ru2. The number of halogens is 6. The molecule has 0 spiro atoms. The molecular weight excluding hydrogens is 931 g/mol. The molecule has 2 aromatic carbocycles. The fourth-order valence-electron chi connectivity index (χ4n) is 5.49. The summed E-state index contributed by atoms with van der Waals surface area (Å²) in [5.74, 6) is 0. The Morgan fingerprint density at radius 2 is 0.940 bits per heavy atom. The van der Waals surface area contributed by atoms with E-state index in [1.54, 1.807) is 0 Å². The van der Waals surface area contributed by atoms with E-state index in [4.69, 9.17) is 62.0 Å². The van der Waals surface area contributed by atoms with Crippen molar-refractivity contribution in [2.75, 3.05) is 49.9 Å². The van der Waals surface area contributed by atoms with Crippen LogP contribution in [0.5, 0.6) is 0 Å². The predicted octanol–water partition coefficient (Wildman–Crippen LogP) is 12.4. The Morgan fingerprint density at radius 1 is 0.600 bits per heavy atom. The quantitative estimate of drug-likeness (QED) is 0.109. The summed E-state index contributed by atoms with van der Waals surface area (Å²) in [5, 5.41) is 10.9. The molecule has 0 aliphatic carbocycles. The van der Waals surface area contributed by atoms with Crippen molar-refractivity contribution in [3.63, 3.8) is 0 Å². The minimum atomic E-state index is -0.346. The first kappa shape index (κ1) is 47.8. The van der Waals surface area contributed by atoms with Crippen LogP contribution in [0.1, 0.15) is 67.2 Å². The number of nitrogens with one attached hydrogen (secondary N) is 2. The summed E-state index contributed by atoms with van der Waals surface area (Å²) in [6, 6.07) is 16.7. The summed E-state index contributed by atoms with van der Waals surface area (Å²) in [5.41, 5.74) is 4.15. The second kappa shape index (κ2) is 29.2. The molecule has 0 bridgehead atoms. The number of pyridine rings is 2. The van der Waals surface area contributed by atoms with Gasteiger partial charge in [-0.15, -0.1) is 0 Å². The first-order chi connectivity index (χ1) is 24.1. The standard InChI is InChI=1S/2C18H26ClN3.4ClH.2Ru/c2*1-4-22(5-2)12-6-7-14(3)21-17-10-11-20-18-13-15(19)8-9-16(17)18;;;;;;/h2*8-11,13-14H,4-7,12H2,1-3H3,(H,20,21);4*1H;;/q;;;;;;2*+2/p-4. The molecule has 0 radical (unpaired) electrons. The van der Waals surface area contributed by atoms with Crippen LogP contribution in [0.15, 0.2) is 60.9 Å². The van der Waals surface area contributed by atoms with E-state index in [1.807, 2.05) is 60.9 Å². The van der Waals surface area contributed by atoms with Gasteiger partial charge in [0.25, 0.3) is 0 Å². The van der Waals surface area contributed by atoms with Crippen molar-refractivity contribution in [1.29, 1.82) is 0 Å². The Labute approximate surface area is 342 Å². The Hall–Kier alpha value is -0.233. The average molecular weight is 984 g/mol. The van der Waals surface area contributed by atoms with E-state index in [2.05, 4.69) is 71.9 Å². The van der Waals surface area contributed by atoms with Gasteiger partial charge in [-0.2, -0.15) is 0 Å². The van der Waals surface area contributed by atoms with Crippen molar-refractivity contribution in [2.24, 2.45) is 0 Å². The molecule has 0 saturated heterocycles. The van der Waals surface area contributed by atoms with Gasteiger partial charge in [-0.25, -0.2) is 0 Å². The van der Waals surface area contributed by atoms with Gasteiger partial charge in [0.1, 0.15) is 0 Å². The van der Waals surface area contributed by atoms with Crippen LogP contribution in [0.25, 0.3) is 21.8 Å². The molecule has 0 aliphatic heterocycles. The first-order valence-electron chi connectivity index (χ1n) is 16.9. The van der Waals surface area contributed by atoms with Gasteiger partial charge >= 0.3 is 69.1 Å². The molecule has 6 nitrogen and oxygen atoms in total. The zero-order valence-corrected chi connectivity index (χ0v) is 37.8. The van der Waals surface area contributed by atoms with E-state index < -0.39 is 0 Å². The van der Waals surface area contributed by atoms with Crippen molar-refractivity contribution in [2.45, 2.75) is 79.3 Å². The summed E-state index contributed by atoms with van der Waals surface area (Å²) in [6.07, 6.45) is 8.42. The van der Waals surface area contributed by atoms with Gasteiger partial charge < -0.3 is 20.4 Å². The number of aromatic nitrogens is 2. The van der Waals surface area contributed by atoms with Crippen molar-refractivity contribution in [1.82, 2.24) is 19.8 Å². The molecule has 4 rings (SSSR count). The number of rotatable bonds is 16. The molecule has 0 amide bonds. The molecule has 0 fully saturated rings. The molecule has 2 heterocycles. The average Bonchev–Trinajstić information content (AvgIpc) is 3.09. The fraction of sp³-hybridized carbons (Fsp3) is 0.500. The maximum atomic E-state index is 6.04. The van der Waals surface area contributed by atoms with E-state index in [9.17, 15) is 0 Å². The monoisotopic (exact) mass is 982 g/mol. The predicted molar refractivity (Wildman–Crippen MR) is 217 cm³/mol. The molecule has 0 aliphatic rings. The SMILES string of the molecule is CCN(CC)CCCC(C)Nc1ccnc2cc(Cl)ccc12.CCN(CC)CCCC(C)Nc1ccnc2cc(Cl)ccc12.[Cl][Ru][Cl].[Cl][Ru][Cl]. The number of anilines is 2. The van der Waals surface area contributed by atoms with Gasteiger partial charge in [0.15, 0.2) is 0 Å². The zero-order valence-electron chi connectivity index (χ0n) is 29.8. The number of fused-ring (bicyclic) bond motifs is 2. The molecule has 4 aromatic rings. The van der Waals surface area contributed by atoms with Crippen molar-refractivity contribution < 1.29 is 30.3 Å². The van der Waals surface area contributed by atoms with E-state index >= 15 is 0 Å². The molecule has 2 N–H and O–H groups in total. The number of hydrogen-bond donors (Lipinski definition) is 2.